The molecule has 0 aliphatic carbocycles. The summed E-state index contributed by atoms with van der Waals surface area (Å²) in [5, 5.41) is 20.4. The summed E-state index contributed by atoms with van der Waals surface area (Å²) in [5.41, 5.74) is 0.0470. The molecule has 0 saturated heterocycles. The molecule has 1 N–H and O–H groups in total. The molecular weight excluding hydrogens is 196 g/mol. The van der Waals surface area contributed by atoms with Crippen LogP contribution in [0.1, 0.15) is 15.5 Å². The summed E-state index contributed by atoms with van der Waals surface area (Å²) >= 11 is 1.10. The number of nitrogens with zero attached hydrogens (tertiary/aromatic N) is 2. The fraction of sp³-hybridized carbons (Fsp3) is 0.333. The second kappa shape index (κ2) is 4.06. The number of aliphatic hydroxyl groups is 1. The zero-order valence-corrected chi connectivity index (χ0v) is 7.28. The Balaban J connectivity index is 2.71. The molecule has 6 nitrogen and oxygen atoms in total. The Kier molecular flexibility index (Phi) is 3.04. The van der Waals surface area contributed by atoms with Crippen molar-refractivity contribution in [3.63, 3.8) is 0 Å². The van der Waals surface area contributed by atoms with Crippen LogP contribution in [0.3, 0.4) is 0 Å². The maximum atomic E-state index is 11.0. The van der Waals surface area contributed by atoms with Gasteiger partial charge in [0.25, 0.3) is 12.3 Å². The molecule has 0 aliphatic rings. The van der Waals surface area contributed by atoms with Crippen molar-refractivity contribution in [3.05, 3.63) is 26.2 Å². The predicted octanol–water partition coefficient (Wildman–Crippen LogP) is 0.0948. The topological polar surface area (TPSA) is 93.3 Å². The fourth-order valence-electron chi connectivity index (χ4n) is 0.710. The number of nitro groups is 1. The van der Waals surface area contributed by atoms with Gasteiger partial charge in [-0.15, -0.1) is 11.3 Å². The molecule has 1 heterocycles. The van der Waals surface area contributed by atoms with E-state index in [1.807, 2.05) is 0 Å². The molecule has 1 aromatic rings. The number of hydrogen-bond acceptors (Lipinski definition) is 6. The number of hydrogen-bond donors (Lipinski definition) is 1. The molecule has 0 amide bonds. The van der Waals surface area contributed by atoms with Crippen LogP contribution in [0.2, 0.25) is 0 Å². The zero-order valence-electron chi connectivity index (χ0n) is 6.47. The van der Waals surface area contributed by atoms with Gasteiger partial charge in [-0.25, -0.2) is 4.98 Å². The molecule has 0 aliphatic heterocycles. The highest BCUT2D eigenvalue weighted by molar-refractivity contribution is 7.09. The van der Waals surface area contributed by atoms with E-state index in [1.54, 1.807) is 0 Å². The first kappa shape index (κ1) is 9.75. The standard InChI is InChI=1S/C6H6N2O4S/c9-2-6-7-4(3-13-6)5(10)1-8(11)12/h3,9H,1-2H2. The maximum absolute atomic E-state index is 11.0. The van der Waals surface area contributed by atoms with Crippen molar-refractivity contribution < 1.29 is 14.8 Å². The minimum Gasteiger partial charge on any atom is -0.389 e. The summed E-state index contributed by atoms with van der Waals surface area (Å²) in [6, 6.07) is 0. The van der Waals surface area contributed by atoms with E-state index in [0.717, 1.165) is 11.3 Å². The van der Waals surface area contributed by atoms with Crippen molar-refractivity contribution in [2.24, 2.45) is 0 Å². The lowest BCUT2D eigenvalue weighted by Gasteiger charge is -1.88. The van der Waals surface area contributed by atoms with E-state index >= 15 is 0 Å². The second-order valence-electron chi connectivity index (χ2n) is 2.20. The third-order valence-electron chi connectivity index (χ3n) is 1.25. The average molecular weight is 202 g/mol. The molecule has 0 bridgehead atoms. The zero-order chi connectivity index (χ0) is 9.84. The van der Waals surface area contributed by atoms with Crippen LogP contribution in [0, 0.1) is 10.1 Å². The van der Waals surface area contributed by atoms with Crippen molar-refractivity contribution in [2.45, 2.75) is 6.61 Å². The smallest absolute Gasteiger partial charge is 0.267 e. The van der Waals surface area contributed by atoms with Gasteiger partial charge in [-0.3, -0.25) is 14.9 Å². The molecular formula is C6H6N2O4S. The van der Waals surface area contributed by atoms with E-state index in [-0.39, 0.29) is 12.3 Å². The Labute approximate surface area is 77.0 Å². The first-order valence-electron chi connectivity index (χ1n) is 3.33. The van der Waals surface area contributed by atoms with Crippen molar-refractivity contribution in [1.29, 1.82) is 0 Å². The summed E-state index contributed by atoms with van der Waals surface area (Å²) in [6.07, 6.45) is 0. The highest BCUT2D eigenvalue weighted by atomic mass is 32.1. The molecule has 7 heteroatoms. The Morgan fingerprint density at radius 3 is 2.92 bits per heavy atom. The molecule has 0 atom stereocenters. The molecule has 0 radical (unpaired) electrons. The molecule has 0 aromatic carbocycles. The summed E-state index contributed by atoms with van der Waals surface area (Å²) in [6.45, 7) is -1.01. The molecule has 70 valence electrons. The Bertz CT molecular complexity index is 335. The largest absolute Gasteiger partial charge is 0.389 e. The minimum atomic E-state index is -0.755. The lowest BCUT2D eigenvalue weighted by Crippen LogP contribution is -2.14. The van der Waals surface area contributed by atoms with Gasteiger partial charge in [0.05, 0.1) is 6.61 Å². The second-order valence-corrected chi connectivity index (χ2v) is 3.14. The lowest BCUT2D eigenvalue weighted by atomic mass is 10.3. The third-order valence-corrected chi connectivity index (χ3v) is 2.08. The van der Waals surface area contributed by atoms with Crippen molar-refractivity contribution in [1.82, 2.24) is 4.98 Å². The van der Waals surface area contributed by atoms with E-state index in [0.29, 0.717) is 5.01 Å². The SMILES string of the molecule is O=C(C[N+](=O)[O-])c1csc(CO)n1. The number of thiazole rings is 1. The monoisotopic (exact) mass is 202 g/mol. The number of carbonyl (C=O) groups is 1. The molecule has 0 saturated carbocycles. The van der Waals surface area contributed by atoms with E-state index in [9.17, 15) is 14.9 Å². The van der Waals surface area contributed by atoms with E-state index in [1.165, 1.54) is 5.38 Å². The van der Waals surface area contributed by atoms with Gasteiger partial charge in [-0.1, -0.05) is 0 Å². The Morgan fingerprint density at radius 2 is 2.46 bits per heavy atom. The van der Waals surface area contributed by atoms with Gasteiger partial charge in [0.2, 0.25) is 0 Å². The Hall–Kier alpha value is -1.34. The van der Waals surface area contributed by atoms with Gasteiger partial charge in [0, 0.05) is 10.3 Å². The lowest BCUT2D eigenvalue weighted by molar-refractivity contribution is -0.465. The maximum Gasteiger partial charge on any atom is 0.267 e. The van der Waals surface area contributed by atoms with Crippen LogP contribution in [0.4, 0.5) is 0 Å². The Morgan fingerprint density at radius 1 is 1.77 bits per heavy atom. The van der Waals surface area contributed by atoms with Crippen molar-refractivity contribution >= 4 is 17.1 Å². The van der Waals surface area contributed by atoms with Gasteiger partial charge >= 0.3 is 0 Å². The number of aromatic nitrogens is 1. The van der Waals surface area contributed by atoms with Crippen LogP contribution in [-0.2, 0) is 6.61 Å². The number of carbonyl (C=O) groups excluding carboxylic acids is 1. The van der Waals surface area contributed by atoms with Crippen molar-refractivity contribution in [2.75, 3.05) is 6.54 Å². The van der Waals surface area contributed by atoms with E-state index in [4.69, 9.17) is 5.11 Å². The minimum absolute atomic E-state index is 0.0470. The summed E-state index contributed by atoms with van der Waals surface area (Å²) in [4.78, 5) is 24.0. The molecule has 0 unspecified atom stereocenters. The normalized spacial score (nSPS) is 9.92. The van der Waals surface area contributed by atoms with Gasteiger partial charge in [0.15, 0.2) is 0 Å². The van der Waals surface area contributed by atoms with E-state index < -0.39 is 17.3 Å². The van der Waals surface area contributed by atoms with Crippen LogP contribution >= 0.6 is 11.3 Å². The van der Waals surface area contributed by atoms with Gasteiger partial charge in [-0.05, 0) is 0 Å². The number of ketones is 1. The predicted molar refractivity (Wildman–Crippen MR) is 44.2 cm³/mol. The molecule has 1 rings (SSSR count). The molecule has 0 fully saturated rings. The van der Waals surface area contributed by atoms with Crippen LogP contribution in [0.5, 0.6) is 0 Å². The van der Waals surface area contributed by atoms with Gasteiger partial charge in [0.1, 0.15) is 10.7 Å². The van der Waals surface area contributed by atoms with Crippen LogP contribution in [-0.4, -0.2) is 27.3 Å². The van der Waals surface area contributed by atoms with Crippen molar-refractivity contribution in [3.8, 4) is 0 Å². The molecule has 13 heavy (non-hydrogen) atoms. The van der Waals surface area contributed by atoms with Crippen LogP contribution in [0.15, 0.2) is 5.38 Å². The first-order chi connectivity index (χ1) is 6.13. The average Bonchev–Trinajstić information content (AvgIpc) is 2.50. The highest BCUT2D eigenvalue weighted by Gasteiger charge is 2.15. The van der Waals surface area contributed by atoms with Crippen LogP contribution in [0.25, 0.3) is 0 Å². The van der Waals surface area contributed by atoms with E-state index in [2.05, 4.69) is 4.98 Å². The first-order valence-corrected chi connectivity index (χ1v) is 4.21. The molecule has 1 aromatic heterocycles. The van der Waals surface area contributed by atoms with Crippen LogP contribution < -0.4 is 0 Å². The molecule has 0 spiro atoms. The third kappa shape index (κ3) is 2.56. The quantitative estimate of drug-likeness (QED) is 0.424. The van der Waals surface area contributed by atoms with Gasteiger partial charge < -0.3 is 5.11 Å². The van der Waals surface area contributed by atoms with Gasteiger partial charge in [-0.2, -0.15) is 0 Å². The number of aliphatic hydroxyl groups excluding tert-OH is 1. The summed E-state index contributed by atoms with van der Waals surface area (Å²) in [7, 11) is 0. The number of rotatable bonds is 4. The highest BCUT2D eigenvalue weighted by Crippen LogP contribution is 2.09. The summed E-state index contributed by atoms with van der Waals surface area (Å²) in [5.74, 6) is -0.638. The summed E-state index contributed by atoms with van der Waals surface area (Å²) < 4.78 is 0. The fourth-order valence-corrected chi connectivity index (χ4v) is 1.37. The number of Topliss-reactive ketones (excluding diaryl/α,β-unsaturated/α-hetero) is 1.